The molecule has 2 saturated heterocycles. The molecular weight excluding hydrogens is 250 g/mol. The van der Waals surface area contributed by atoms with Crippen LogP contribution < -0.4 is 10.6 Å². The Labute approximate surface area is 123 Å². The summed E-state index contributed by atoms with van der Waals surface area (Å²) in [6.45, 7) is 14.1. The summed E-state index contributed by atoms with van der Waals surface area (Å²) in [5, 5.41) is 6.66. The molecule has 2 aliphatic rings. The average molecular weight is 281 g/mol. The zero-order valence-electron chi connectivity index (χ0n) is 13.7. The summed E-state index contributed by atoms with van der Waals surface area (Å²) >= 11 is 0. The normalized spacial score (nSPS) is 31.9. The molecule has 0 bridgehead atoms. The van der Waals surface area contributed by atoms with Gasteiger partial charge in [0, 0.05) is 24.7 Å². The zero-order chi connectivity index (χ0) is 14.9. The van der Waals surface area contributed by atoms with Crippen LogP contribution in [0.1, 0.15) is 47.5 Å². The summed E-state index contributed by atoms with van der Waals surface area (Å²) in [5.41, 5.74) is 0.110. The van der Waals surface area contributed by atoms with Gasteiger partial charge in [-0.05, 0) is 52.5 Å². The third-order valence-corrected chi connectivity index (χ3v) is 5.38. The fraction of sp³-hybridized carbons (Fsp3) is 0.938. The Morgan fingerprint density at radius 2 is 2.10 bits per heavy atom. The minimum Gasteiger partial charge on any atom is -0.352 e. The molecule has 4 unspecified atom stereocenters. The van der Waals surface area contributed by atoms with Crippen molar-refractivity contribution >= 4 is 5.91 Å². The smallest absolute Gasteiger partial charge is 0.237 e. The Balaban J connectivity index is 1.98. The molecule has 20 heavy (non-hydrogen) atoms. The van der Waals surface area contributed by atoms with Crippen molar-refractivity contribution in [1.29, 1.82) is 0 Å². The number of nitrogens with one attached hydrogen (secondary N) is 2. The Morgan fingerprint density at radius 1 is 1.40 bits per heavy atom. The third-order valence-electron chi connectivity index (χ3n) is 5.38. The predicted octanol–water partition coefficient (Wildman–Crippen LogP) is 1.61. The van der Waals surface area contributed by atoms with Crippen LogP contribution in [0.2, 0.25) is 0 Å². The third kappa shape index (κ3) is 2.86. The fourth-order valence-electron chi connectivity index (χ4n) is 4.12. The van der Waals surface area contributed by atoms with Crippen LogP contribution in [0.5, 0.6) is 0 Å². The molecule has 2 aliphatic heterocycles. The van der Waals surface area contributed by atoms with Crippen molar-refractivity contribution < 1.29 is 4.79 Å². The first-order valence-electron chi connectivity index (χ1n) is 8.15. The van der Waals surface area contributed by atoms with Gasteiger partial charge in [0.25, 0.3) is 0 Å². The van der Waals surface area contributed by atoms with Crippen molar-refractivity contribution in [1.82, 2.24) is 15.5 Å². The lowest BCUT2D eigenvalue weighted by Gasteiger charge is -2.39. The molecule has 2 rings (SSSR count). The molecule has 2 fully saturated rings. The van der Waals surface area contributed by atoms with E-state index in [0.717, 1.165) is 32.5 Å². The highest BCUT2D eigenvalue weighted by Crippen LogP contribution is 2.41. The van der Waals surface area contributed by atoms with E-state index < -0.39 is 0 Å². The molecule has 0 aliphatic carbocycles. The molecule has 4 nitrogen and oxygen atoms in total. The summed E-state index contributed by atoms with van der Waals surface area (Å²) < 4.78 is 0. The molecule has 0 spiro atoms. The number of fused-ring (bicyclic) bond motifs is 1. The fourth-order valence-corrected chi connectivity index (χ4v) is 4.12. The van der Waals surface area contributed by atoms with E-state index in [1.165, 1.54) is 0 Å². The first kappa shape index (κ1) is 15.8. The second-order valence-electron chi connectivity index (χ2n) is 7.21. The van der Waals surface area contributed by atoms with Crippen LogP contribution in [0, 0.1) is 11.8 Å². The monoisotopic (exact) mass is 281 g/mol. The molecule has 2 heterocycles. The molecule has 116 valence electrons. The highest BCUT2D eigenvalue weighted by molar-refractivity contribution is 5.81. The predicted molar refractivity (Wildman–Crippen MR) is 82.6 cm³/mol. The Morgan fingerprint density at radius 3 is 2.70 bits per heavy atom. The molecular formula is C16H31N3O. The van der Waals surface area contributed by atoms with E-state index in [2.05, 4.69) is 50.2 Å². The highest BCUT2D eigenvalue weighted by Gasteiger charge is 2.51. The van der Waals surface area contributed by atoms with E-state index >= 15 is 0 Å². The Bertz CT molecular complexity index is 356. The van der Waals surface area contributed by atoms with Gasteiger partial charge in [-0.1, -0.05) is 13.3 Å². The minimum atomic E-state index is -0.0325. The van der Waals surface area contributed by atoms with Crippen molar-refractivity contribution in [2.24, 2.45) is 11.8 Å². The molecule has 0 radical (unpaired) electrons. The molecule has 0 aromatic heterocycles. The van der Waals surface area contributed by atoms with Gasteiger partial charge >= 0.3 is 0 Å². The van der Waals surface area contributed by atoms with E-state index in [9.17, 15) is 4.79 Å². The first-order valence-corrected chi connectivity index (χ1v) is 8.15. The molecule has 1 amide bonds. The molecule has 2 N–H and O–H groups in total. The van der Waals surface area contributed by atoms with Gasteiger partial charge in [0.05, 0.1) is 6.04 Å². The maximum absolute atomic E-state index is 12.5. The summed E-state index contributed by atoms with van der Waals surface area (Å²) in [7, 11) is 0. The van der Waals surface area contributed by atoms with E-state index in [1.807, 2.05) is 0 Å². The van der Waals surface area contributed by atoms with Gasteiger partial charge < -0.3 is 10.6 Å². The van der Waals surface area contributed by atoms with Crippen LogP contribution >= 0.6 is 0 Å². The van der Waals surface area contributed by atoms with E-state index in [-0.39, 0.29) is 23.5 Å². The summed E-state index contributed by atoms with van der Waals surface area (Å²) in [5.74, 6) is 1.56. The number of hydrogen-bond donors (Lipinski definition) is 2. The van der Waals surface area contributed by atoms with Gasteiger partial charge in [-0.25, -0.2) is 0 Å². The van der Waals surface area contributed by atoms with Crippen LogP contribution in [-0.2, 0) is 4.79 Å². The van der Waals surface area contributed by atoms with Crippen molar-refractivity contribution in [3.8, 4) is 0 Å². The highest BCUT2D eigenvalue weighted by atomic mass is 16.2. The van der Waals surface area contributed by atoms with Gasteiger partial charge in [-0.3, -0.25) is 9.69 Å². The van der Waals surface area contributed by atoms with Crippen molar-refractivity contribution in [3.63, 3.8) is 0 Å². The van der Waals surface area contributed by atoms with Gasteiger partial charge in [0.2, 0.25) is 5.91 Å². The zero-order valence-corrected chi connectivity index (χ0v) is 13.7. The molecule has 4 atom stereocenters. The number of carbonyl (C=O) groups excluding carboxylic acids is 1. The largest absolute Gasteiger partial charge is 0.352 e. The summed E-state index contributed by atoms with van der Waals surface area (Å²) in [6.07, 6.45) is 2.16. The van der Waals surface area contributed by atoms with Gasteiger partial charge in [-0.15, -0.1) is 0 Å². The average Bonchev–Trinajstić information content (AvgIpc) is 2.91. The molecule has 0 aromatic rings. The maximum Gasteiger partial charge on any atom is 0.237 e. The maximum atomic E-state index is 12.5. The van der Waals surface area contributed by atoms with Crippen LogP contribution in [0.3, 0.4) is 0 Å². The quantitative estimate of drug-likeness (QED) is 0.805. The Hall–Kier alpha value is -0.610. The molecule has 0 saturated carbocycles. The number of amides is 1. The van der Waals surface area contributed by atoms with Crippen LogP contribution in [-0.4, -0.2) is 48.1 Å². The second kappa shape index (κ2) is 6.02. The number of nitrogens with zero attached hydrogens (tertiary/aromatic N) is 1. The van der Waals surface area contributed by atoms with Crippen molar-refractivity contribution in [2.45, 2.75) is 65.1 Å². The van der Waals surface area contributed by atoms with Crippen molar-refractivity contribution in [2.75, 3.05) is 19.6 Å². The first-order chi connectivity index (χ1) is 9.37. The van der Waals surface area contributed by atoms with Gasteiger partial charge in [0.15, 0.2) is 0 Å². The van der Waals surface area contributed by atoms with Crippen LogP contribution in [0.15, 0.2) is 0 Å². The number of likely N-dealkylation sites (tertiary alicyclic amines) is 1. The second-order valence-corrected chi connectivity index (χ2v) is 7.21. The lowest BCUT2D eigenvalue weighted by Crippen LogP contribution is -2.54. The van der Waals surface area contributed by atoms with Crippen molar-refractivity contribution in [3.05, 3.63) is 0 Å². The van der Waals surface area contributed by atoms with Crippen LogP contribution in [0.25, 0.3) is 0 Å². The number of rotatable bonds is 5. The number of carbonyl (C=O) groups is 1. The Kier molecular flexibility index (Phi) is 4.75. The lowest BCUT2D eigenvalue weighted by molar-refractivity contribution is -0.128. The molecule has 4 heteroatoms. The van der Waals surface area contributed by atoms with Gasteiger partial charge in [0.1, 0.15) is 0 Å². The SMILES string of the molecule is CCCC(C)NC(=O)C(C)N1CC2CNCC2C1(C)C. The van der Waals surface area contributed by atoms with Crippen LogP contribution in [0.4, 0.5) is 0 Å². The lowest BCUT2D eigenvalue weighted by atomic mass is 9.84. The summed E-state index contributed by atoms with van der Waals surface area (Å²) in [4.78, 5) is 14.9. The molecule has 0 aromatic carbocycles. The topological polar surface area (TPSA) is 44.4 Å². The van der Waals surface area contributed by atoms with E-state index in [1.54, 1.807) is 0 Å². The van der Waals surface area contributed by atoms with E-state index in [4.69, 9.17) is 0 Å². The standard InChI is InChI=1S/C16H31N3O/c1-6-7-11(2)18-15(20)12(3)19-10-13-8-17-9-14(13)16(19,4)5/h11-14,17H,6-10H2,1-5H3,(H,18,20). The van der Waals surface area contributed by atoms with E-state index in [0.29, 0.717) is 11.8 Å². The summed E-state index contributed by atoms with van der Waals surface area (Å²) in [6, 6.07) is 0.247. The van der Waals surface area contributed by atoms with Gasteiger partial charge in [-0.2, -0.15) is 0 Å². The minimum absolute atomic E-state index is 0.0325. The number of hydrogen-bond acceptors (Lipinski definition) is 3.